The normalized spacial score (nSPS) is 19.7. The Morgan fingerprint density at radius 3 is 2.52 bits per heavy atom. The molecule has 0 unspecified atom stereocenters. The summed E-state index contributed by atoms with van der Waals surface area (Å²) in [6.45, 7) is 1.96. The minimum atomic E-state index is -2.66. The molecule has 1 aliphatic rings. The van der Waals surface area contributed by atoms with Crippen LogP contribution in [0.25, 0.3) is 6.08 Å². The van der Waals surface area contributed by atoms with Crippen molar-refractivity contribution in [2.75, 3.05) is 0 Å². The topological polar surface area (TPSA) is 72.6 Å². The van der Waals surface area contributed by atoms with Gasteiger partial charge >= 0.3 is 0 Å². The quantitative estimate of drug-likeness (QED) is 0.620. The summed E-state index contributed by atoms with van der Waals surface area (Å²) < 4.78 is 17.2. The molecule has 0 saturated carbocycles. The Morgan fingerprint density at radius 1 is 1.14 bits per heavy atom. The largest absolute Gasteiger partial charge is 0.270 e. The lowest BCUT2D eigenvalue weighted by Gasteiger charge is -2.12. The van der Waals surface area contributed by atoms with Crippen LogP contribution in [0, 0.1) is 17.0 Å². The minimum absolute atomic E-state index is 0.00247. The van der Waals surface area contributed by atoms with Gasteiger partial charge in [0.05, 0.1) is 15.5 Å². The Bertz CT molecular complexity index is 876. The van der Waals surface area contributed by atoms with Crippen molar-refractivity contribution < 1.29 is 9.13 Å². The lowest BCUT2D eigenvalue weighted by Crippen LogP contribution is -2.00. The van der Waals surface area contributed by atoms with Gasteiger partial charge in [-0.15, -0.1) is 0 Å². The molecule has 2 aromatic carbocycles. The molecule has 2 aromatic rings. The number of non-ortho nitro benzene ring substituents is 1. The number of nitro benzene ring substituents is 1. The fourth-order valence-electron chi connectivity index (χ4n) is 2.08. The van der Waals surface area contributed by atoms with Gasteiger partial charge in [0.15, 0.2) is 0 Å². The summed E-state index contributed by atoms with van der Waals surface area (Å²) >= 11 is 0. The molecule has 106 valence electrons. The van der Waals surface area contributed by atoms with Gasteiger partial charge in [-0.05, 0) is 31.2 Å². The van der Waals surface area contributed by atoms with Crippen molar-refractivity contribution in [3.8, 4) is 0 Å². The third-order valence-corrected chi connectivity index (χ3v) is 5.17. The van der Waals surface area contributed by atoms with Crippen molar-refractivity contribution in [1.82, 2.24) is 0 Å². The summed E-state index contributed by atoms with van der Waals surface area (Å²) in [6.07, 6.45) is 1.64. The van der Waals surface area contributed by atoms with Crippen molar-refractivity contribution in [2.45, 2.75) is 11.8 Å². The zero-order valence-corrected chi connectivity index (χ0v) is 12.0. The summed E-state index contributed by atoms with van der Waals surface area (Å²) in [6, 6.07) is 11.7. The van der Waals surface area contributed by atoms with E-state index in [0.717, 1.165) is 5.56 Å². The first-order valence-corrected chi connectivity index (χ1v) is 7.86. The van der Waals surface area contributed by atoms with Crippen molar-refractivity contribution in [1.29, 1.82) is 0 Å². The zero-order valence-electron chi connectivity index (χ0n) is 11.2. The van der Waals surface area contributed by atoms with Gasteiger partial charge in [-0.25, -0.2) is 4.21 Å². The van der Waals surface area contributed by atoms with Crippen molar-refractivity contribution in [2.24, 2.45) is 4.36 Å². The highest BCUT2D eigenvalue weighted by Gasteiger charge is 2.17. The Balaban J connectivity index is 2.12. The number of hydrogen-bond acceptors (Lipinski definition) is 4. The predicted molar refractivity (Wildman–Crippen MR) is 81.8 cm³/mol. The maximum absolute atomic E-state index is 12.9. The first kappa shape index (κ1) is 13.5. The molecule has 0 spiro atoms. The molecule has 0 N–H and O–H groups in total. The summed E-state index contributed by atoms with van der Waals surface area (Å²) in [7, 11) is -2.66. The third-order valence-electron chi connectivity index (χ3n) is 3.25. The number of fused-ring (bicyclic) bond motifs is 1. The third kappa shape index (κ3) is 2.45. The van der Waals surface area contributed by atoms with Crippen LogP contribution in [0.15, 0.2) is 57.1 Å². The van der Waals surface area contributed by atoms with E-state index in [1.807, 2.05) is 19.1 Å². The number of nitro groups is 1. The van der Waals surface area contributed by atoms with Crippen molar-refractivity contribution in [3.63, 3.8) is 0 Å². The molecule has 5 nitrogen and oxygen atoms in total. The van der Waals surface area contributed by atoms with E-state index in [2.05, 4.69) is 4.36 Å². The van der Waals surface area contributed by atoms with E-state index in [9.17, 15) is 14.3 Å². The van der Waals surface area contributed by atoms with Crippen LogP contribution in [0.4, 0.5) is 11.4 Å². The van der Waals surface area contributed by atoms with Crippen LogP contribution in [-0.4, -0.2) is 9.13 Å². The van der Waals surface area contributed by atoms with E-state index >= 15 is 0 Å². The number of rotatable bonds is 2. The second-order valence-corrected chi connectivity index (χ2v) is 6.84. The van der Waals surface area contributed by atoms with Crippen molar-refractivity contribution in [3.05, 3.63) is 69.1 Å². The number of aryl methyl sites for hydroxylation is 1. The minimum Gasteiger partial charge on any atom is -0.258 e. The van der Waals surface area contributed by atoms with Gasteiger partial charge in [0.25, 0.3) is 5.69 Å². The lowest BCUT2D eigenvalue weighted by atomic mass is 10.1. The van der Waals surface area contributed by atoms with Gasteiger partial charge in [0.2, 0.25) is 0 Å². The molecule has 3 rings (SSSR count). The van der Waals surface area contributed by atoms with Gasteiger partial charge < -0.3 is 0 Å². The standard InChI is InChI=1S/C15H12N2O3S/c1-11-2-5-14(6-3-11)21(20)9-8-12-10-13(17(18)19)4-7-15(12)16-21/h2-10H,1H3/t21-/m1/s1. The smallest absolute Gasteiger partial charge is 0.258 e. The van der Waals surface area contributed by atoms with E-state index in [-0.39, 0.29) is 5.69 Å². The molecule has 0 bridgehead atoms. The van der Waals surface area contributed by atoms with E-state index in [1.165, 1.54) is 23.6 Å². The monoisotopic (exact) mass is 300 g/mol. The summed E-state index contributed by atoms with van der Waals surface area (Å²) in [5, 5.41) is 12.3. The average Bonchev–Trinajstić information content (AvgIpc) is 2.47. The molecule has 1 aliphatic heterocycles. The van der Waals surface area contributed by atoms with E-state index in [4.69, 9.17) is 0 Å². The van der Waals surface area contributed by atoms with Gasteiger partial charge in [0, 0.05) is 23.1 Å². The Morgan fingerprint density at radius 2 is 1.86 bits per heavy atom. The van der Waals surface area contributed by atoms with E-state index in [0.29, 0.717) is 16.1 Å². The summed E-state index contributed by atoms with van der Waals surface area (Å²) in [5.41, 5.74) is 2.19. The molecule has 1 heterocycles. The highest BCUT2D eigenvalue weighted by molar-refractivity contribution is 7.96. The molecular weight excluding hydrogens is 288 g/mol. The number of hydrogen-bond donors (Lipinski definition) is 0. The molecule has 21 heavy (non-hydrogen) atoms. The maximum atomic E-state index is 12.9. The van der Waals surface area contributed by atoms with Crippen LogP contribution in [0.1, 0.15) is 11.1 Å². The molecule has 0 aliphatic carbocycles. The Labute approximate surface area is 122 Å². The summed E-state index contributed by atoms with van der Waals surface area (Å²) in [5.74, 6) is 0. The fourth-order valence-corrected chi connectivity index (χ4v) is 3.72. The molecule has 0 fully saturated rings. The Kier molecular flexibility index (Phi) is 3.10. The molecule has 0 aromatic heterocycles. The zero-order chi connectivity index (χ0) is 15.0. The van der Waals surface area contributed by atoms with Crippen LogP contribution in [-0.2, 0) is 9.73 Å². The van der Waals surface area contributed by atoms with Gasteiger partial charge in [-0.3, -0.25) is 10.1 Å². The molecular formula is C15H12N2O3S. The average molecular weight is 300 g/mol. The number of benzene rings is 2. The van der Waals surface area contributed by atoms with Gasteiger partial charge in [-0.2, -0.15) is 4.36 Å². The highest BCUT2D eigenvalue weighted by Crippen LogP contribution is 2.33. The molecule has 1 atom stereocenters. The first-order chi connectivity index (χ1) is 9.98. The van der Waals surface area contributed by atoms with Gasteiger partial charge in [-0.1, -0.05) is 17.7 Å². The van der Waals surface area contributed by atoms with Crippen molar-refractivity contribution >= 4 is 27.2 Å². The van der Waals surface area contributed by atoms with Crippen LogP contribution in [0.2, 0.25) is 0 Å². The number of nitrogens with zero attached hydrogens (tertiary/aromatic N) is 2. The van der Waals surface area contributed by atoms with Crippen LogP contribution in [0.3, 0.4) is 0 Å². The van der Waals surface area contributed by atoms with E-state index < -0.39 is 14.7 Å². The summed E-state index contributed by atoms with van der Waals surface area (Å²) in [4.78, 5) is 10.9. The fraction of sp³-hybridized carbons (Fsp3) is 0.0667. The maximum Gasteiger partial charge on any atom is 0.270 e. The SMILES string of the molecule is Cc1ccc([S@@]2(=O)=Nc3ccc([N+](=O)[O-])cc3C=C2)cc1. The van der Waals surface area contributed by atoms with Crippen LogP contribution < -0.4 is 0 Å². The molecule has 6 heteroatoms. The van der Waals surface area contributed by atoms with E-state index in [1.54, 1.807) is 18.2 Å². The second-order valence-electron chi connectivity index (χ2n) is 4.78. The van der Waals surface area contributed by atoms with Crippen LogP contribution >= 0.6 is 0 Å². The second kappa shape index (κ2) is 4.82. The Hall–Kier alpha value is -2.47. The molecule has 0 radical (unpaired) electrons. The van der Waals surface area contributed by atoms with Gasteiger partial charge in [0.1, 0.15) is 9.73 Å². The molecule has 0 amide bonds. The highest BCUT2D eigenvalue weighted by atomic mass is 32.2. The van der Waals surface area contributed by atoms with Crippen LogP contribution in [0.5, 0.6) is 0 Å². The molecule has 0 saturated heterocycles. The predicted octanol–water partition coefficient (Wildman–Crippen LogP) is 4.05. The lowest BCUT2D eigenvalue weighted by molar-refractivity contribution is -0.384. The first-order valence-electron chi connectivity index (χ1n) is 6.28.